The van der Waals surface area contributed by atoms with Crippen LogP contribution in [0.5, 0.6) is 0 Å². The quantitative estimate of drug-likeness (QED) is 0.517. The summed E-state index contributed by atoms with van der Waals surface area (Å²) in [7, 11) is 0. The average molecular weight is 192 g/mol. The number of anilines is 2. The van der Waals surface area contributed by atoms with E-state index < -0.39 is 5.66 Å². The fourth-order valence-corrected chi connectivity index (χ4v) is 1.71. The van der Waals surface area contributed by atoms with E-state index >= 15 is 0 Å². The normalized spacial score (nSPS) is 24.6. The Bertz CT molecular complexity index is 434. The second-order valence-corrected chi connectivity index (χ2v) is 3.54. The number of aromatic nitrogens is 2. The molecule has 0 saturated carbocycles. The van der Waals surface area contributed by atoms with Crippen molar-refractivity contribution in [2.24, 2.45) is 10.7 Å². The molecule has 0 fully saturated rings. The molecule has 2 heterocycles. The van der Waals surface area contributed by atoms with Crippen molar-refractivity contribution in [3.8, 4) is 0 Å². The molecule has 2 rings (SSSR count). The first-order valence-electron chi connectivity index (χ1n) is 4.21. The zero-order chi connectivity index (χ0) is 10.5. The Morgan fingerprint density at radius 3 is 2.50 bits per heavy atom. The highest BCUT2D eigenvalue weighted by Gasteiger charge is 2.34. The van der Waals surface area contributed by atoms with E-state index in [-0.39, 0.29) is 5.95 Å². The van der Waals surface area contributed by atoms with Gasteiger partial charge in [-0.15, -0.1) is 0 Å². The monoisotopic (exact) mass is 192 g/mol. The summed E-state index contributed by atoms with van der Waals surface area (Å²) in [4.78, 5) is 12.2. The minimum atomic E-state index is -0.836. The number of nitrogen functional groups attached to an aromatic ring is 2. The first-order chi connectivity index (χ1) is 6.42. The fraction of sp³-hybridized carbons (Fsp3) is 0.375. The van der Waals surface area contributed by atoms with Gasteiger partial charge >= 0.3 is 0 Å². The van der Waals surface area contributed by atoms with Crippen LogP contribution < -0.4 is 17.2 Å². The summed E-state index contributed by atoms with van der Waals surface area (Å²) >= 11 is 0. The van der Waals surface area contributed by atoms with Crippen LogP contribution in [-0.2, 0) is 5.66 Å². The van der Waals surface area contributed by atoms with E-state index in [1.807, 2.05) is 6.92 Å². The van der Waals surface area contributed by atoms with Crippen molar-refractivity contribution in [3.05, 3.63) is 11.3 Å². The van der Waals surface area contributed by atoms with Gasteiger partial charge in [-0.3, -0.25) is 4.99 Å². The number of aliphatic imine (C=N–C) groups is 1. The lowest BCUT2D eigenvalue weighted by Gasteiger charge is -2.16. The van der Waals surface area contributed by atoms with Crippen LogP contribution in [0, 0.1) is 0 Å². The molecule has 1 aliphatic rings. The molecule has 6 nitrogen and oxygen atoms in total. The molecule has 0 bridgehead atoms. The van der Waals surface area contributed by atoms with Crippen LogP contribution in [0.1, 0.15) is 25.1 Å². The summed E-state index contributed by atoms with van der Waals surface area (Å²) in [5.74, 6) is 0.451. The van der Waals surface area contributed by atoms with Crippen LogP contribution in [0.2, 0.25) is 0 Å². The molecular weight excluding hydrogens is 180 g/mol. The third-order valence-electron chi connectivity index (χ3n) is 2.20. The van der Waals surface area contributed by atoms with Gasteiger partial charge in [-0.05, 0) is 13.8 Å². The van der Waals surface area contributed by atoms with Gasteiger partial charge in [0.15, 0.2) is 0 Å². The van der Waals surface area contributed by atoms with Gasteiger partial charge in [0.05, 0.1) is 17.0 Å². The highest BCUT2D eigenvalue weighted by Crippen LogP contribution is 2.33. The zero-order valence-corrected chi connectivity index (χ0v) is 8.07. The van der Waals surface area contributed by atoms with E-state index in [9.17, 15) is 0 Å². The Balaban J connectivity index is 2.76. The first kappa shape index (κ1) is 8.89. The van der Waals surface area contributed by atoms with Gasteiger partial charge in [0, 0.05) is 0 Å². The average Bonchev–Trinajstić information content (AvgIpc) is 2.21. The van der Waals surface area contributed by atoms with E-state index in [0.29, 0.717) is 17.1 Å². The van der Waals surface area contributed by atoms with Crippen LogP contribution >= 0.6 is 0 Å². The molecule has 1 aromatic rings. The smallest absolute Gasteiger partial charge is 0.222 e. The molecule has 14 heavy (non-hydrogen) atoms. The van der Waals surface area contributed by atoms with Crippen LogP contribution in [0.4, 0.5) is 11.8 Å². The number of hydrogen-bond donors (Lipinski definition) is 3. The third kappa shape index (κ3) is 1.04. The number of hydrogen-bond acceptors (Lipinski definition) is 6. The van der Waals surface area contributed by atoms with Crippen LogP contribution in [-0.4, -0.2) is 15.7 Å². The fourth-order valence-electron chi connectivity index (χ4n) is 1.71. The number of fused-ring (bicyclic) bond motifs is 1. The van der Waals surface area contributed by atoms with E-state index in [4.69, 9.17) is 17.2 Å². The Hall–Kier alpha value is -1.69. The van der Waals surface area contributed by atoms with E-state index in [2.05, 4.69) is 15.0 Å². The molecule has 0 aliphatic carbocycles. The van der Waals surface area contributed by atoms with Crippen molar-refractivity contribution in [3.63, 3.8) is 0 Å². The number of nitrogens with two attached hydrogens (primary N) is 3. The van der Waals surface area contributed by atoms with Crippen LogP contribution in [0.15, 0.2) is 4.99 Å². The van der Waals surface area contributed by atoms with Gasteiger partial charge in [0.25, 0.3) is 0 Å². The molecule has 1 atom stereocenters. The van der Waals surface area contributed by atoms with Crippen molar-refractivity contribution in [1.82, 2.24) is 9.97 Å². The molecule has 1 aromatic heterocycles. The van der Waals surface area contributed by atoms with Gasteiger partial charge in [-0.25, -0.2) is 4.98 Å². The summed E-state index contributed by atoms with van der Waals surface area (Å²) in [5, 5.41) is 0. The molecule has 6 N–H and O–H groups in total. The summed E-state index contributed by atoms with van der Waals surface area (Å²) in [6.45, 7) is 3.58. The molecule has 0 amide bonds. The van der Waals surface area contributed by atoms with Gasteiger partial charge < -0.3 is 17.2 Å². The van der Waals surface area contributed by atoms with Crippen LogP contribution in [0.25, 0.3) is 0 Å². The third-order valence-corrected chi connectivity index (χ3v) is 2.20. The van der Waals surface area contributed by atoms with Crippen LogP contribution in [0.3, 0.4) is 0 Å². The minimum absolute atomic E-state index is 0.147. The Labute approximate surface area is 81.2 Å². The van der Waals surface area contributed by atoms with Crippen molar-refractivity contribution in [2.75, 3.05) is 11.5 Å². The van der Waals surface area contributed by atoms with Gasteiger partial charge in [0.1, 0.15) is 11.5 Å². The first-order valence-corrected chi connectivity index (χ1v) is 4.21. The molecule has 74 valence electrons. The summed E-state index contributed by atoms with van der Waals surface area (Å²) in [6, 6.07) is 0. The predicted octanol–water partition coefficient (Wildman–Crippen LogP) is -0.405. The summed E-state index contributed by atoms with van der Waals surface area (Å²) < 4.78 is 0. The summed E-state index contributed by atoms with van der Waals surface area (Å²) in [6.07, 6.45) is 0. The molecular formula is C8H12N6. The lowest BCUT2D eigenvalue weighted by atomic mass is 10.0. The minimum Gasteiger partial charge on any atom is -0.383 e. The Morgan fingerprint density at radius 1 is 1.21 bits per heavy atom. The Kier molecular flexibility index (Phi) is 1.53. The molecule has 0 spiro atoms. The molecule has 0 aromatic carbocycles. The van der Waals surface area contributed by atoms with Gasteiger partial charge in [0.2, 0.25) is 5.95 Å². The Morgan fingerprint density at radius 2 is 1.86 bits per heavy atom. The summed E-state index contributed by atoms with van der Waals surface area (Å²) in [5.41, 5.74) is 18.4. The highest BCUT2D eigenvalue weighted by molar-refractivity contribution is 6.02. The predicted molar refractivity (Wildman–Crippen MR) is 54.6 cm³/mol. The molecule has 6 heteroatoms. The molecule has 0 saturated heterocycles. The van der Waals surface area contributed by atoms with Crippen molar-refractivity contribution in [1.29, 1.82) is 0 Å². The van der Waals surface area contributed by atoms with Crippen molar-refractivity contribution < 1.29 is 0 Å². The molecule has 1 aliphatic heterocycles. The maximum absolute atomic E-state index is 5.94. The largest absolute Gasteiger partial charge is 0.383 e. The SMILES string of the molecule is CC1=NC(C)(N)c2c(N)nc(N)nc21. The highest BCUT2D eigenvalue weighted by atomic mass is 15.1. The lowest BCUT2D eigenvalue weighted by molar-refractivity contribution is 0.536. The number of nitrogens with zero attached hydrogens (tertiary/aromatic N) is 3. The van der Waals surface area contributed by atoms with Crippen molar-refractivity contribution >= 4 is 17.5 Å². The molecule has 1 unspecified atom stereocenters. The van der Waals surface area contributed by atoms with Gasteiger partial charge in [-0.1, -0.05) is 0 Å². The van der Waals surface area contributed by atoms with Gasteiger partial charge in [-0.2, -0.15) is 4.98 Å². The van der Waals surface area contributed by atoms with E-state index in [0.717, 1.165) is 5.71 Å². The van der Waals surface area contributed by atoms with Crippen molar-refractivity contribution in [2.45, 2.75) is 19.5 Å². The van der Waals surface area contributed by atoms with E-state index in [1.54, 1.807) is 6.92 Å². The second kappa shape index (κ2) is 2.42. The maximum Gasteiger partial charge on any atom is 0.222 e. The lowest BCUT2D eigenvalue weighted by Crippen LogP contribution is -2.30. The number of rotatable bonds is 0. The topological polar surface area (TPSA) is 116 Å². The molecule has 0 radical (unpaired) electrons. The maximum atomic E-state index is 5.94. The van der Waals surface area contributed by atoms with E-state index in [1.165, 1.54) is 0 Å². The standard InChI is InChI=1S/C8H12N6/c1-3-5-4(8(2,11)14-3)6(9)13-7(10)12-5/h11H2,1-2H3,(H4,9,10,12,13). The second-order valence-electron chi connectivity index (χ2n) is 3.54. The zero-order valence-electron chi connectivity index (χ0n) is 8.07.